The fourth-order valence-electron chi connectivity index (χ4n) is 2.65. The van der Waals surface area contributed by atoms with Gasteiger partial charge in [0.25, 0.3) is 0 Å². The molecule has 3 aromatic rings. The highest BCUT2D eigenvalue weighted by Crippen LogP contribution is 2.25. The predicted molar refractivity (Wildman–Crippen MR) is 95.5 cm³/mol. The van der Waals surface area contributed by atoms with Crippen LogP contribution in [-0.2, 0) is 6.54 Å². The van der Waals surface area contributed by atoms with Gasteiger partial charge in [-0.2, -0.15) is 0 Å². The Bertz CT molecular complexity index is 805. The first-order valence-electron chi connectivity index (χ1n) is 7.97. The molecule has 2 aromatic carbocycles. The topological polar surface area (TPSA) is 32.3 Å². The van der Waals surface area contributed by atoms with Gasteiger partial charge in [-0.15, -0.1) is 0 Å². The van der Waals surface area contributed by atoms with E-state index in [9.17, 15) is 4.39 Å². The number of hydrogen-bond acceptors (Lipinski definition) is 4. The molecule has 0 bridgehead atoms. The summed E-state index contributed by atoms with van der Waals surface area (Å²) in [6, 6.07) is 14.9. The van der Waals surface area contributed by atoms with E-state index in [1.807, 2.05) is 32.3 Å². The Morgan fingerprint density at radius 3 is 2.50 bits per heavy atom. The Hall–Kier alpha value is -2.53. The molecule has 4 nitrogen and oxygen atoms in total. The van der Waals surface area contributed by atoms with Gasteiger partial charge in [0.2, 0.25) is 0 Å². The second kappa shape index (κ2) is 7.36. The lowest BCUT2D eigenvalue weighted by atomic mass is 10.2. The first-order chi connectivity index (χ1) is 11.6. The minimum absolute atomic E-state index is 0.272. The number of benzene rings is 2. The van der Waals surface area contributed by atoms with E-state index in [4.69, 9.17) is 0 Å². The van der Waals surface area contributed by atoms with Crippen LogP contribution in [0.2, 0.25) is 0 Å². The third kappa shape index (κ3) is 3.86. The molecule has 0 N–H and O–H groups in total. The van der Waals surface area contributed by atoms with Crippen molar-refractivity contribution in [2.75, 3.05) is 32.1 Å². The van der Waals surface area contributed by atoms with Crippen molar-refractivity contribution in [2.24, 2.45) is 0 Å². The molecular weight excluding hydrogens is 303 g/mol. The molecule has 0 aliphatic carbocycles. The molecule has 0 radical (unpaired) electrons. The molecule has 0 fully saturated rings. The van der Waals surface area contributed by atoms with Gasteiger partial charge >= 0.3 is 0 Å². The lowest BCUT2D eigenvalue weighted by Crippen LogP contribution is -2.32. The van der Waals surface area contributed by atoms with E-state index in [2.05, 4.69) is 31.9 Å². The van der Waals surface area contributed by atoms with Crippen molar-refractivity contribution in [1.82, 2.24) is 14.9 Å². The molecule has 1 aromatic heterocycles. The van der Waals surface area contributed by atoms with Crippen molar-refractivity contribution in [3.05, 3.63) is 66.2 Å². The Labute approximate surface area is 141 Å². The molecule has 0 spiro atoms. The van der Waals surface area contributed by atoms with Gasteiger partial charge < -0.3 is 9.80 Å². The highest BCUT2D eigenvalue weighted by molar-refractivity contribution is 5.89. The van der Waals surface area contributed by atoms with Crippen molar-refractivity contribution < 1.29 is 4.39 Å². The van der Waals surface area contributed by atoms with Crippen LogP contribution in [0.15, 0.2) is 54.9 Å². The van der Waals surface area contributed by atoms with Crippen molar-refractivity contribution >= 4 is 16.7 Å². The van der Waals surface area contributed by atoms with Crippen molar-refractivity contribution in [3.63, 3.8) is 0 Å². The average molecular weight is 324 g/mol. The first kappa shape index (κ1) is 16.3. The maximum Gasteiger partial charge on any atom is 0.140 e. The van der Waals surface area contributed by atoms with E-state index in [1.54, 1.807) is 12.4 Å². The lowest BCUT2D eigenvalue weighted by molar-refractivity contribution is 0.412. The summed E-state index contributed by atoms with van der Waals surface area (Å²) in [5.41, 5.74) is 1.95. The maximum absolute atomic E-state index is 13.7. The largest absolute Gasteiger partial charge is 0.350 e. The van der Waals surface area contributed by atoms with E-state index < -0.39 is 0 Å². The zero-order valence-corrected chi connectivity index (χ0v) is 14.0. The highest BCUT2D eigenvalue weighted by Gasteiger charge is 2.14. The molecular formula is C19H21FN4. The van der Waals surface area contributed by atoms with Gasteiger partial charge in [0.15, 0.2) is 0 Å². The normalized spacial score (nSPS) is 11.2. The van der Waals surface area contributed by atoms with Gasteiger partial charge in [-0.1, -0.05) is 30.3 Å². The van der Waals surface area contributed by atoms with Crippen LogP contribution in [0.5, 0.6) is 0 Å². The van der Waals surface area contributed by atoms with E-state index in [0.717, 1.165) is 36.4 Å². The van der Waals surface area contributed by atoms with Crippen LogP contribution in [0.25, 0.3) is 10.9 Å². The Morgan fingerprint density at radius 2 is 1.75 bits per heavy atom. The zero-order valence-electron chi connectivity index (χ0n) is 14.0. The molecule has 24 heavy (non-hydrogen) atoms. The molecule has 0 atom stereocenters. The lowest BCUT2D eigenvalue weighted by Gasteiger charge is -2.26. The molecule has 0 saturated heterocycles. The number of rotatable bonds is 6. The molecule has 5 heteroatoms. The molecule has 0 aliphatic heterocycles. The molecule has 1 heterocycles. The van der Waals surface area contributed by atoms with Crippen molar-refractivity contribution in [3.8, 4) is 0 Å². The minimum Gasteiger partial charge on any atom is -0.350 e. The summed E-state index contributed by atoms with van der Waals surface area (Å²) in [4.78, 5) is 13.0. The molecule has 124 valence electrons. The Balaban J connectivity index is 1.99. The minimum atomic E-state index is -0.272. The number of likely N-dealkylation sites (N-methyl/N-ethyl adjacent to an activating group) is 1. The summed E-state index contributed by atoms with van der Waals surface area (Å²) in [5.74, 6) is 0.496. The van der Waals surface area contributed by atoms with Gasteiger partial charge in [-0.25, -0.2) is 14.4 Å². The SMILES string of the molecule is CN(C)CCN(Cc1ccccc1)c1ncnc2ccc(F)cc12. The summed E-state index contributed by atoms with van der Waals surface area (Å²) in [7, 11) is 4.08. The third-order valence-corrected chi connectivity index (χ3v) is 3.91. The second-order valence-electron chi connectivity index (χ2n) is 6.07. The highest BCUT2D eigenvalue weighted by atomic mass is 19.1. The first-order valence-corrected chi connectivity index (χ1v) is 7.97. The predicted octanol–water partition coefficient (Wildman–Crippen LogP) is 3.34. The monoisotopic (exact) mass is 324 g/mol. The van der Waals surface area contributed by atoms with Crippen LogP contribution in [0.4, 0.5) is 10.2 Å². The quantitative estimate of drug-likeness (QED) is 0.696. The van der Waals surface area contributed by atoms with Crippen LogP contribution in [0.3, 0.4) is 0 Å². The zero-order chi connectivity index (χ0) is 16.9. The molecule has 0 aliphatic rings. The van der Waals surface area contributed by atoms with E-state index in [-0.39, 0.29) is 5.82 Å². The number of aromatic nitrogens is 2. The fraction of sp³-hybridized carbons (Fsp3) is 0.263. The van der Waals surface area contributed by atoms with Gasteiger partial charge in [0.1, 0.15) is 18.0 Å². The summed E-state index contributed by atoms with van der Waals surface area (Å²) >= 11 is 0. The van der Waals surface area contributed by atoms with Gasteiger partial charge in [0.05, 0.1) is 5.52 Å². The van der Waals surface area contributed by atoms with Crippen molar-refractivity contribution in [1.29, 1.82) is 0 Å². The Morgan fingerprint density at radius 1 is 0.958 bits per heavy atom. The van der Waals surface area contributed by atoms with E-state index >= 15 is 0 Å². The molecule has 0 unspecified atom stereocenters. The standard InChI is InChI=1S/C19H21FN4/c1-23(2)10-11-24(13-15-6-4-3-5-7-15)19-17-12-16(20)8-9-18(17)21-14-22-19/h3-9,12,14H,10-11,13H2,1-2H3. The fourth-order valence-corrected chi connectivity index (χ4v) is 2.65. The number of anilines is 1. The summed E-state index contributed by atoms with van der Waals surface area (Å²) in [6.45, 7) is 2.40. The summed E-state index contributed by atoms with van der Waals surface area (Å²) in [6.07, 6.45) is 1.54. The van der Waals surface area contributed by atoms with Gasteiger partial charge in [-0.05, 0) is 37.9 Å². The van der Waals surface area contributed by atoms with Crippen LogP contribution in [-0.4, -0.2) is 42.1 Å². The average Bonchev–Trinajstić information content (AvgIpc) is 2.59. The molecule has 0 amide bonds. The smallest absolute Gasteiger partial charge is 0.140 e. The maximum atomic E-state index is 13.7. The van der Waals surface area contributed by atoms with Crippen LogP contribution < -0.4 is 4.90 Å². The molecule has 0 saturated carbocycles. The second-order valence-corrected chi connectivity index (χ2v) is 6.07. The van der Waals surface area contributed by atoms with Crippen molar-refractivity contribution in [2.45, 2.75) is 6.54 Å². The van der Waals surface area contributed by atoms with Crippen LogP contribution in [0.1, 0.15) is 5.56 Å². The van der Waals surface area contributed by atoms with E-state index in [0.29, 0.717) is 0 Å². The molecule has 3 rings (SSSR count). The van der Waals surface area contributed by atoms with Crippen LogP contribution >= 0.6 is 0 Å². The Kier molecular flexibility index (Phi) is 5.01. The summed E-state index contributed by atoms with van der Waals surface area (Å²) in [5, 5.41) is 0.743. The summed E-state index contributed by atoms with van der Waals surface area (Å²) < 4.78 is 13.7. The third-order valence-electron chi connectivity index (χ3n) is 3.91. The number of nitrogens with zero attached hydrogens (tertiary/aromatic N) is 4. The van der Waals surface area contributed by atoms with E-state index in [1.165, 1.54) is 17.7 Å². The van der Waals surface area contributed by atoms with Gasteiger partial charge in [0, 0.05) is 25.0 Å². The number of hydrogen-bond donors (Lipinski definition) is 0. The van der Waals surface area contributed by atoms with Gasteiger partial charge in [-0.3, -0.25) is 0 Å². The van der Waals surface area contributed by atoms with Crippen LogP contribution in [0, 0.1) is 5.82 Å². The number of halogens is 1. The number of fused-ring (bicyclic) bond motifs is 1.